The Hall–Kier alpha value is -1.01. The van der Waals surface area contributed by atoms with Gasteiger partial charge in [0.25, 0.3) is 0 Å². The minimum Gasteiger partial charge on any atom is -0.344 e. The van der Waals surface area contributed by atoms with Crippen LogP contribution in [0.4, 0.5) is 0 Å². The van der Waals surface area contributed by atoms with Crippen molar-refractivity contribution < 1.29 is 4.79 Å². The maximum atomic E-state index is 11.3. The molecule has 1 fully saturated rings. The fourth-order valence-electron chi connectivity index (χ4n) is 1.38. The summed E-state index contributed by atoms with van der Waals surface area (Å²) < 4.78 is 0. The molecule has 0 radical (unpaired) electrons. The molecule has 0 aromatic heterocycles. The highest BCUT2D eigenvalue weighted by Gasteiger charge is 2.24. The molecule has 0 aliphatic heterocycles. The number of likely N-dealkylation sites (N-methyl/N-ethyl adjacent to an activating group) is 1. The molecule has 0 heterocycles. The lowest BCUT2D eigenvalue weighted by molar-refractivity contribution is -0.122. The van der Waals surface area contributed by atoms with Gasteiger partial charge in [0, 0.05) is 6.54 Å². The van der Waals surface area contributed by atoms with Gasteiger partial charge >= 0.3 is 0 Å². The Morgan fingerprint density at radius 1 is 1.64 bits per heavy atom. The van der Waals surface area contributed by atoms with E-state index in [2.05, 4.69) is 23.1 Å². The average molecular weight is 194 g/mol. The number of terminal acetylenes is 1. The smallest absolute Gasteiger partial charge is 0.234 e. The Bertz CT molecular complexity index is 228. The van der Waals surface area contributed by atoms with Crippen LogP contribution in [0.2, 0.25) is 0 Å². The van der Waals surface area contributed by atoms with Gasteiger partial charge in [0.05, 0.1) is 13.1 Å². The third-order valence-electron chi connectivity index (χ3n) is 2.42. The standard InChI is InChI=1S/C11H18N2O/c1-3-7-12-11(14)9-13(4-2)8-10-5-6-10/h1,10H,4-9H2,2H3,(H,12,14). The summed E-state index contributed by atoms with van der Waals surface area (Å²) in [6.45, 7) is 4.88. The molecule has 3 nitrogen and oxygen atoms in total. The highest BCUT2D eigenvalue weighted by Crippen LogP contribution is 2.29. The first kappa shape index (κ1) is 11.1. The molecular formula is C11H18N2O. The molecule has 1 aliphatic carbocycles. The van der Waals surface area contributed by atoms with Crippen LogP contribution < -0.4 is 5.32 Å². The van der Waals surface area contributed by atoms with E-state index in [0.29, 0.717) is 13.1 Å². The lowest BCUT2D eigenvalue weighted by Gasteiger charge is -2.18. The van der Waals surface area contributed by atoms with Crippen molar-refractivity contribution in [3.63, 3.8) is 0 Å². The Morgan fingerprint density at radius 3 is 2.86 bits per heavy atom. The summed E-state index contributed by atoms with van der Waals surface area (Å²) in [4.78, 5) is 13.5. The third-order valence-corrected chi connectivity index (χ3v) is 2.42. The van der Waals surface area contributed by atoms with Gasteiger partial charge in [-0.1, -0.05) is 12.8 Å². The quantitative estimate of drug-likeness (QED) is 0.623. The van der Waals surface area contributed by atoms with Crippen molar-refractivity contribution in [3.05, 3.63) is 0 Å². The number of nitrogens with one attached hydrogen (secondary N) is 1. The fraction of sp³-hybridized carbons (Fsp3) is 0.727. The van der Waals surface area contributed by atoms with E-state index in [9.17, 15) is 4.79 Å². The van der Waals surface area contributed by atoms with E-state index in [-0.39, 0.29) is 5.91 Å². The molecule has 0 aromatic carbocycles. The molecular weight excluding hydrogens is 176 g/mol. The molecule has 0 saturated heterocycles. The van der Waals surface area contributed by atoms with Gasteiger partial charge in [-0.3, -0.25) is 9.69 Å². The van der Waals surface area contributed by atoms with Gasteiger partial charge in [0.1, 0.15) is 0 Å². The maximum Gasteiger partial charge on any atom is 0.234 e. The van der Waals surface area contributed by atoms with Crippen LogP contribution in [0.3, 0.4) is 0 Å². The van der Waals surface area contributed by atoms with Crippen molar-refractivity contribution >= 4 is 5.91 Å². The number of carbonyl (C=O) groups excluding carboxylic acids is 1. The fourth-order valence-corrected chi connectivity index (χ4v) is 1.38. The van der Waals surface area contributed by atoms with Crippen molar-refractivity contribution in [3.8, 4) is 12.3 Å². The van der Waals surface area contributed by atoms with Crippen LogP contribution in [-0.2, 0) is 4.79 Å². The van der Waals surface area contributed by atoms with Crippen LogP contribution >= 0.6 is 0 Å². The summed E-state index contributed by atoms with van der Waals surface area (Å²) in [5.74, 6) is 3.25. The highest BCUT2D eigenvalue weighted by molar-refractivity contribution is 5.78. The molecule has 0 unspecified atom stereocenters. The molecule has 1 saturated carbocycles. The second-order valence-corrected chi connectivity index (χ2v) is 3.75. The molecule has 78 valence electrons. The van der Waals surface area contributed by atoms with Gasteiger partial charge in [-0.15, -0.1) is 6.42 Å². The van der Waals surface area contributed by atoms with Crippen LogP contribution in [-0.4, -0.2) is 37.0 Å². The summed E-state index contributed by atoms with van der Waals surface area (Å²) in [5, 5.41) is 2.67. The van der Waals surface area contributed by atoms with Gasteiger partial charge < -0.3 is 5.32 Å². The zero-order chi connectivity index (χ0) is 10.4. The van der Waals surface area contributed by atoms with Gasteiger partial charge in [-0.2, -0.15) is 0 Å². The lowest BCUT2D eigenvalue weighted by atomic mass is 10.3. The molecule has 14 heavy (non-hydrogen) atoms. The summed E-state index contributed by atoms with van der Waals surface area (Å²) in [6, 6.07) is 0. The minimum absolute atomic E-state index is 0.0328. The van der Waals surface area contributed by atoms with Crippen molar-refractivity contribution in [1.82, 2.24) is 10.2 Å². The lowest BCUT2D eigenvalue weighted by Crippen LogP contribution is -2.38. The largest absolute Gasteiger partial charge is 0.344 e. The Kier molecular flexibility index (Phi) is 4.48. The van der Waals surface area contributed by atoms with Crippen LogP contribution in [0.5, 0.6) is 0 Å². The molecule has 1 rings (SSSR count). The number of rotatable bonds is 6. The molecule has 0 spiro atoms. The number of hydrogen-bond donors (Lipinski definition) is 1. The van der Waals surface area contributed by atoms with E-state index in [1.807, 2.05) is 0 Å². The number of hydrogen-bond acceptors (Lipinski definition) is 2. The van der Waals surface area contributed by atoms with Crippen LogP contribution in [0, 0.1) is 18.3 Å². The van der Waals surface area contributed by atoms with Crippen LogP contribution in [0.15, 0.2) is 0 Å². The van der Waals surface area contributed by atoms with Crippen molar-refractivity contribution in [2.24, 2.45) is 5.92 Å². The predicted octanol–water partition coefficient (Wildman–Crippen LogP) is 0.468. The first-order chi connectivity index (χ1) is 6.76. The number of amides is 1. The van der Waals surface area contributed by atoms with Gasteiger partial charge in [0.15, 0.2) is 0 Å². The van der Waals surface area contributed by atoms with Gasteiger partial charge in [-0.05, 0) is 25.3 Å². The zero-order valence-electron chi connectivity index (χ0n) is 8.75. The normalized spacial score (nSPS) is 15.2. The molecule has 0 aromatic rings. The topological polar surface area (TPSA) is 32.3 Å². The minimum atomic E-state index is 0.0328. The van der Waals surface area contributed by atoms with E-state index in [1.54, 1.807) is 0 Å². The summed E-state index contributed by atoms with van der Waals surface area (Å²) in [6.07, 6.45) is 7.70. The molecule has 1 amide bonds. The van der Waals surface area contributed by atoms with E-state index in [4.69, 9.17) is 6.42 Å². The maximum absolute atomic E-state index is 11.3. The Balaban J connectivity index is 2.17. The molecule has 1 N–H and O–H groups in total. The summed E-state index contributed by atoms with van der Waals surface area (Å²) in [5.41, 5.74) is 0. The van der Waals surface area contributed by atoms with E-state index in [1.165, 1.54) is 12.8 Å². The van der Waals surface area contributed by atoms with E-state index in [0.717, 1.165) is 19.0 Å². The van der Waals surface area contributed by atoms with Crippen LogP contribution in [0.1, 0.15) is 19.8 Å². The summed E-state index contributed by atoms with van der Waals surface area (Å²) >= 11 is 0. The summed E-state index contributed by atoms with van der Waals surface area (Å²) in [7, 11) is 0. The van der Waals surface area contributed by atoms with Crippen LogP contribution in [0.25, 0.3) is 0 Å². The Labute approximate surface area is 85.9 Å². The first-order valence-electron chi connectivity index (χ1n) is 5.18. The van der Waals surface area contributed by atoms with Crippen molar-refractivity contribution in [2.45, 2.75) is 19.8 Å². The zero-order valence-corrected chi connectivity index (χ0v) is 8.75. The number of carbonyl (C=O) groups is 1. The van der Waals surface area contributed by atoms with E-state index < -0.39 is 0 Å². The molecule has 0 atom stereocenters. The molecule has 3 heteroatoms. The number of nitrogens with zero attached hydrogens (tertiary/aromatic N) is 1. The molecule has 0 bridgehead atoms. The van der Waals surface area contributed by atoms with Crippen molar-refractivity contribution in [2.75, 3.05) is 26.2 Å². The second kappa shape index (κ2) is 5.66. The first-order valence-corrected chi connectivity index (χ1v) is 5.18. The SMILES string of the molecule is C#CCNC(=O)CN(CC)CC1CC1. The van der Waals surface area contributed by atoms with Crippen molar-refractivity contribution in [1.29, 1.82) is 0 Å². The van der Waals surface area contributed by atoms with Gasteiger partial charge in [-0.25, -0.2) is 0 Å². The average Bonchev–Trinajstić information content (AvgIpc) is 2.97. The van der Waals surface area contributed by atoms with E-state index >= 15 is 0 Å². The Morgan fingerprint density at radius 2 is 2.36 bits per heavy atom. The molecule has 1 aliphatic rings. The van der Waals surface area contributed by atoms with Gasteiger partial charge in [0.2, 0.25) is 5.91 Å². The highest BCUT2D eigenvalue weighted by atomic mass is 16.2. The second-order valence-electron chi connectivity index (χ2n) is 3.75. The third kappa shape index (κ3) is 4.29. The predicted molar refractivity (Wildman–Crippen MR) is 56.7 cm³/mol. The monoisotopic (exact) mass is 194 g/mol.